The molecule has 2 amide bonds. The summed E-state index contributed by atoms with van der Waals surface area (Å²) in [7, 11) is -2.48. The number of sulfone groups is 1. The highest BCUT2D eigenvalue weighted by molar-refractivity contribution is 7.92. The first-order valence-electron chi connectivity index (χ1n) is 11.8. The summed E-state index contributed by atoms with van der Waals surface area (Å²) in [5.41, 5.74) is -0.602. The van der Waals surface area contributed by atoms with Gasteiger partial charge >= 0.3 is 0 Å². The summed E-state index contributed by atoms with van der Waals surface area (Å²) >= 11 is 12.3. The molecule has 2 unspecified atom stereocenters. The maximum absolute atomic E-state index is 13.9. The van der Waals surface area contributed by atoms with Gasteiger partial charge in [0, 0.05) is 24.3 Å². The van der Waals surface area contributed by atoms with Crippen molar-refractivity contribution in [2.45, 2.75) is 66.2 Å². The van der Waals surface area contributed by atoms with Crippen LogP contribution >= 0.6 is 23.2 Å². The molecule has 2 aliphatic carbocycles. The van der Waals surface area contributed by atoms with Crippen molar-refractivity contribution in [2.24, 2.45) is 0 Å². The second kappa shape index (κ2) is 8.89. The number of rotatable bonds is 7. The van der Waals surface area contributed by atoms with Crippen molar-refractivity contribution in [1.29, 1.82) is 0 Å². The number of carbonyl (C=O) groups is 2. The van der Waals surface area contributed by atoms with E-state index in [2.05, 4.69) is 10.3 Å². The molecule has 2 aromatic rings. The third-order valence-corrected chi connectivity index (χ3v) is 10.3. The van der Waals surface area contributed by atoms with E-state index in [-0.39, 0.29) is 40.2 Å². The van der Waals surface area contributed by atoms with Crippen molar-refractivity contribution in [3.63, 3.8) is 0 Å². The SMILES string of the molecule is COc1ccc(S(=O)(=O)C2CC(C(=O)NC3(C)CC3)N(C(=O)C3(c4ccc(Cl)cn4)CC3)C2)c(Cl)c1. The molecule has 2 saturated carbocycles. The van der Waals surface area contributed by atoms with Gasteiger partial charge in [0.2, 0.25) is 11.8 Å². The van der Waals surface area contributed by atoms with Gasteiger partial charge in [0.05, 0.1) is 38.4 Å². The monoisotopic (exact) mass is 551 g/mol. The topological polar surface area (TPSA) is 106 Å². The largest absolute Gasteiger partial charge is 0.497 e. The highest BCUT2D eigenvalue weighted by Crippen LogP contribution is 2.50. The lowest BCUT2D eigenvalue weighted by Gasteiger charge is -2.29. The molecule has 1 aliphatic heterocycles. The number of hydrogen-bond acceptors (Lipinski definition) is 6. The summed E-state index contributed by atoms with van der Waals surface area (Å²) in [6, 6.07) is 6.86. The van der Waals surface area contributed by atoms with Crippen LogP contribution in [0.4, 0.5) is 0 Å². The molecule has 3 aliphatic rings. The Hall–Kier alpha value is -2.36. The van der Waals surface area contributed by atoms with Gasteiger partial charge < -0.3 is 15.0 Å². The number of nitrogens with one attached hydrogen (secondary N) is 1. The minimum atomic E-state index is -3.95. The second-order valence-corrected chi connectivity index (χ2v) is 13.2. The Kier molecular flexibility index (Phi) is 6.24. The average molecular weight is 552 g/mol. The molecular formula is C25H27Cl2N3O5S. The summed E-state index contributed by atoms with van der Waals surface area (Å²) in [5, 5.41) is 2.52. The number of aromatic nitrogens is 1. The molecule has 2 atom stereocenters. The highest BCUT2D eigenvalue weighted by atomic mass is 35.5. The molecule has 5 rings (SSSR count). The van der Waals surface area contributed by atoms with Crippen LogP contribution < -0.4 is 10.1 Å². The van der Waals surface area contributed by atoms with Crippen LogP contribution in [0.15, 0.2) is 41.4 Å². The van der Waals surface area contributed by atoms with Crippen molar-refractivity contribution in [2.75, 3.05) is 13.7 Å². The third kappa shape index (κ3) is 4.46. The Labute approximate surface area is 220 Å². The van der Waals surface area contributed by atoms with E-state index in [9.17, 15) is 18.0 Å². The normalized spacial score (nSPS) is 23.7. The summed E-state index contributed by atoms with van der Waals surface area (Å²) in [4.78, 5) is 33.0. The average Bonchev–Trinajstić information content (AvgIpc) is 3.75. The molecule has 0 bridgehead atoms. The molecule has 8 nitrogen and oxygen atoms in total. The van der Waals surface area contributed by atoms with E-state index in [0.717, 1.165) is 12.8 Å². The number of benzene rings is 1. The predicted molar refractivity (Wildman–Crippen MR) is 135 cm³/mol. The number of methoxy groups -OCH3 is 1. The van der Waals surface area contributed by atoms with Crippen molar-refractivity contribution >= 4 is 44.9 Å². The van der Waals surface area contributed by atoms with E-state index in [0.29, 0.717) is 29.3 Å². The lowest BCUT2D eigenvalue weighted by Crippen LogP contribution is -2.51. The maximum Gasteiger partial charge on any atom is 0.243 e. The van der Waals surface area contributed by atoms with Gasteiger partial charge in [-0.15, -0.1) is 0 Å². The minimum Gasteiger partial charge on any atom is -0.497 e. The van der Waals surface area contributed by atoms with Gasteiger partial charge in [-0.2, -0.15) is 0 Å². The summed E-state index contributed by atoms with van der Waals surface area (Å²) in [6.45, 7) is 1.84. The molecule has 1 aromatic heterocycles. The highest BCUT2D eigenvalue weighted by Gasteiger charge is 2.58. The van der Waals surface area contributed by atoms with Crippen LogP contribution in [0.1, 0.15) is 44.7 Å². The van der Waals surface area contributed by atoms with Gasteiger partial charge in [-0.25, -0.2) is 8.42 Å². The van der Waals surface area contributed by atoms with Crippen LogP contribution in [0.2, 0.25) is 10.0 Å². The van der Waals surface area contributed by atoms with Gasteiger partial charge in [-0.3, -0.25) is 14.6 Å². The van der Waals surface area contributed by atoms with Crippen molar-refractivity contribution in [3.8, 4) is 5.75 Å². The van der Waals surface area contributed by atoms with Crippen LogP contribution in [-0.4, -0.2) is 60.6 Å². The van der Waals surface area contributed by atoms with Crippen molar-refractivity contribution < 1.29 is 22.7 Å². The number of hydrogen-bond donors (Lipinski definition) is 1. The Morgan fingerprint density at radius 1 is 1.14 bits per heavy atom. The Bertz CT molecular complexity index is 1320. The number of halogens is 2. The number of amides is 2. The fourth-order valence-electron chi connectivity index (χ4n) is 4.85. The smallest absolute Gasteiger partial charge is 0.243 e. The molecule has 3 fully saturated rings. The van der Waals surface area contributed by atoms with Crippen LogP contribution in [0.25, 0.3) is 0 Å². The van der Waals surface area contributed by atoms with E-state index in [1.54, 1.807) is 12.1 Å². The minimum absolute atomic E-state index is 0.0114. The first-order valence-corrected chi connectivity index (χ1v) is 14.1. The first kappa shape index (κ1) is 25.3. The van der Waals surface area contributed by atoms with Crippen LogP contribution in [0.5, 0.6) is 5.75 Å². The molecule has 1 N–H and O–H groups in total. The van der Waals surface area contributed by atoms with Crippen molar-refractivity contribution in [1.82, 2.24) is 15.2 Å². The Morgan fingerprint density at radius 2 is 1.86 bits per heavy atom. The maximum atomic E-state index is 13.9. The Balaban J connectivity index is 1.47. The van der Waals surface area contributed by atoms with E-state index in [1.165, 1.54) is 36.4 Å². The quantitative estimate of drug-likeness (QED) is 0.564. The summed E-state index contributed by atoms with van der Waals surface area (Å²) in [6.07, 6.45) is 4.33. The molecule has 1 saturated heterocycles. The third-order valence-electron chi connectivity index (χ3n) is 7.51. The van der Waals surface area contributed by atoms with Gasteiger partial charge in [0.1, 0.15) is 11.8 Å². The molecule has 2 heterocycles. The van der Waals surface area contributed by atoms with Crippen LogP contribution in [0, 0.1) is 0 Å². The van der Waals surface area contributed by atoms with Gasteiger partial charge in [0.25, 0.3) is 0 Å². The van der Waals surface area contributed by atoms with Crippen LogP contribution in [-0.2, 0) is 24.8 Å². The second-order valence-electron chi connectivity index (χ2n) is 10.2. The molecule has 11 heteroatoms. The molecule has 1 aromatic carbocycles. The zero-order chi connectivity index (χ0) is 25.9. The standard InChI is InChI=1S/C25H27Cl2N3O5S/c1-24(7-8-24)29-22(31)19-12-17(36(33,34)20-5-4-16(35-2)11-18(20)27)14-30(19)23(32)25(9-10-25)21-6-3-15(26)13-28-21/h3-6,11,13,17,19H,7-10,12,14H2,1-2H3,(H,29,31). The predicted octanol–water partition coefficient (Wildman–Crippen LogP) is 3.54. The Morgan fingerprint density at radius 3 is 2.42 bits per heavy atom. The van der Waals surface area contributed by atoms with E-state index in [1.807, 2.05) is 6.92 Å². The van der Waals surface area contributed by atoms with Crippen LogP contribution in [0.3, 0.4) is 0 Å². The molecule has 36 heavy (non-hydrogen) atoms. The number of ether oxygens (including phenoxy) is 1. The first-order chi connectivity index (χ1) is 17.0. The number of pyridine rings is 1. The van der Waals surface area contributed by atoms with Gasteiger partial charge in [-0.05, 0) is 63.3 Å². The fraction of sp³-hybridized carbons (Fsp3) is 0.480. The lowest BCUT2D eigenvalue weighted by molar-refractivity contribution is -0.140. The summed E-state index contributed by atoms with van der Waals surface area (Å²) in [5.74, 6) is -0.179. The van der Waals surface area contributed by atoms with E-state index >= 15 is 0 Å². The zero-order valence-corrected chi connectivity index (χ0v) is 22.3. The van der Waals surface area contributed by atoms with Gasteiger partial charge in [-0.1, -0.05) is 23.2 Å². The molecule has 0 spiro atoms. The van der Waals surface area contributed by atoms with E-state index in [4.69, 9.17) is 27.9 Å². The zero-order valence-electron chi connectivity index (χ0n) is 20.0. The number of nitrogens with zero attached hydrogens (tertiary/aromatic N) is 2. The number of carbonyl (C=O) groups excluding carboxylic acids is 2. The lowest BCUT2D eigenvalue weighted by atomic mass is 9.99. The number of likely N-dealkylation sites (tertiary alicyclic amines) is 1. The fourth-order valence-corrected chi connectivity index (χ4v) is 7.19. The summed E-state index contributed by atoms with van der Waals surface area (Å²) < 4.78 is 32.4. The van der Waals surface area contributed by atoms with Gasteiger partial charge in [0.15, 0.2) is 9.84 Å². The molecule has 192 valence electrons. The van der Waals surface area contributed by atoms with E-state index < -0.39 is 26.5 Å². The molecular weight excluding hydrogens is 525 g/mol. The molecule has 0 radical (unpaired) electrons. The van der Waals surface area contributed by atoms with Crippen molar-refractivity contribution in [3.05, 3.63) is 52.3 Å².